The SMILES string of the molecule is C=CC(=O)NOC(=O)CC(=O)O.N.N. The first-order valence-corrected chi connectivity index (χ1v) is 2.90. The highest BCUT2D eigenvalue weighted by atomic mass is 16.7. The third-order valence-corrected chi connectivity index (χ3v) is 0.746. The second-order valence-electron chi connectivity index (χ2n) is 1.72. The minimum atomic E-state index is -1.33. The number of hydroxylamine groups is 1. The predicted octanol–water partition coefficient (Wildman–Crippen LogP) is -0.454. The van der Waals surface area contributed by atoms with E-state index in [1.165, 1.54) is 0 Å². The Morgan fingerprint density at radius 3 is 2.21 bits per heavy atom. The Kier molecular flexibility index (Phi) is 11.8. The zero-order chi connectivity index (χ0) is 9.56. The molecule has 0 aromatic carbocycles. The number of hydrogen-bond acceptors (Lipinski definition) is 6. The monoisotopic (exact) mass is 207 g/mol. The number of hydrogen-bond donors (Lipinski definition) is 4. The molecule has 0 aromatic heterocycles. The second-order valence-corrected chi connectivity index (χ2v) is 1.72. The van der Waals surface area contributed by atoms with Crippen molar-refractivity contribution in [3.63, 3.8) is 0 Å². The summed E-state index contributed by atoms with van der Waals surface area (Å²) >= 11 is 0. The largest absolute Gasteiger partial charge is 0.481 e. The number of rotatable bonds is 3. The normalized spacial score (nSPS) is 7.14. The van der Waals surface area contributed by atoms with Crippen LogP contribution in [0.4, 0.5) is 0 Å². The molecule has 0 spiro atoms. The Bertz CT molecular complexity index is 228. The molecule has 0 radical (unpaired) electrons. The van der Waals surface area contributed by atoms with Crippen LogP contribution in [0, 0.1) is 0 Å². The van der Waals surface area contributed by atoms with Crippen molar-refractivity contribution in [2.75, 3.05) is 0 Å². The molecular formula is C6H13N3O5. The smallest absolute Gasteiger partial charge is 0.343 e. The summed E-state index contributed by atoms with van der Waals surface area (Å²) in [7, 11) is 0. The molecule has 1 amide bonds. The summed E-state index contributed by atoms with van der Waals surface area (Å²) in [5.74, 6) is -3.08. The van der Waals surface area contributed by atoms with Crippen molar-refractivity contribution in [1.82, 2.24) is 17.8 Å². The quantitative estimate of drug-likeness (QED) is 0.276. The van der Waals surface area contributed by atoms with Crippen molar-refractivity contribution in [3.05, 3.63) is 12.7 Å². The molecule has 0 rings (SSSR count). The fourth-order valence-corrected chi connectivity index (χ4v) is 0.308. The fraction of sp³-hybridized carbons (Fsp3) is 0.167. The molecule has 82 valence electrons. The van der Waals surface area contributed by atoms with E-state index >= 15 is 0 Å². The minimum Gasteiger partial charge on any atom is -0.481 e. The highest BCUT2D eigenvalue weighted by Gasteiger charge is 2.09. The van der Waals surface area contributed by atoms with Gasteiger partial charge in [-0.25, -0.2) is 4.79 Å². The molecule has 14 heavy (non-hydrogen) atoms. The number of carboxylic acids is 1. The number of carboxylic acid groups (broad SMARTS) is 1. The lowest BCUT2D eigenvalue weighted by Gasteiger charge is -1.99. The van der Waals surface area contributed by atoms with Gasteiger partial charge in [0.2, 0.25) is 0 Å². The molecule has 0 atom stereocenters. The van der Waals surface area contributed by atoms with Crippen LogP contribution in [0.25, 0.3) is 0 Å². The number of aliphatic carboxylic acids is 1. The summed E-state index contributed by atoms with van der Waals surface area (Å²) in [6.45, 7) is 3.08. The minimum absolute atomic E-state index is 0. The molecule has 0 saturated heterocycles. The van der Waals surface area contributed by atoms with E-state index < -0.39 is 24.3 Å². The van der Waals surface area contributed by atoms with Crippen LogP contribution in [0.3, 0.4) is 0 Å². The summed E-state index contributed by atoms with van der Waals surface area (Å²) in [4.78, 5) is 34.7. The Hall–Kier alpha value is -1.93. The Morgan fingerprint density at radius 1 is 1.36 bits per heavy atom. The van der Waals surface area contributed by atoms with Crippen LogP contribution < -0.4 is 17.8 Å². The third kappa shape index (κ3) is 10.1. The van der Waals surface area contributed by atoms with Gasteiger partial charge in [-0.15, -0.1) is 0 Å². The lowest BCUT2D eigenvalue weighted by molar-refractivity contribution is -0.160. The van der Waals surface area contributed by atoms with Gasteiger partial charge in [0.05, 0.1) is 0 Å². The maximum absolute atomic E-state index is 10.4. The zero-order valence-corrected chi connectivity index (χ0v) is 7.49. The van der Waals surface area contributed by atoms with Crippen LogP contribution in [0.2, 0.25) is 0 Å². The van der Waals surface area contributed by atoms with Gasteiger partial charge in [-0.05, 0) is 6.08 Å². The van der Waals surface area contributed by atoms with Crippen LogP contribution in [0.1, 0.15) is 6.42 Å². The van der Waals surface area contributed by atoms with Crippen LogP contribution in [0.5, 0.6) is 0 Å². The van der Waals surface area contributed by atoms with Gasteiger partial charge in [0, 0.05) is 0 Å². The van der Waals surface area contributed by atoms with Crippen molar-refractivity contribution >= 4 is 17.8 Å². The van der Waals surface area contributed by atoms with Crippen LogP contribution in [-0.4, -0.2) is 23.0 Å². The standard InChI is InChI=1S/C6H7NO5.2H3N/c1-2-4(8)7-12-6(11)3-5(9)10;;/h2H,1,3H2,(H,7,8)(H,9,10);2*1H3. The van der Waals surface area contributed by atoms with Crippen LogP contribution in [0.15, 0.2) is 12.7 Å². The molecule has 0 saturated carbocycles. The highest BCUT2D eigenvalue weighted by molar-refractivity contribution is 5.92. The van der Waals surface area contributed by atoms with Gasteiger partial charge in [-0.2, -0.15) is 5.48 Å². The molecule has 0 aliphatic heterocycles. The van der Waals surface area contributed by atoms with E-state index in [1.54, 1.807) is 5.48 Å². The van der Waals surface area contributed by atoms with Crippen molar-refractivity contribution < 1.29 is 24.3 Å². The molecule has 0 bridgehead atoms. The van der Waals surface area contributed by atoms with E-state index in [0.717, 1.165) is 6.08 Å². The van der Waals surface area contributed by atoms with Crippen molar-refractivity contribution in [2.24, 2.45) is 0 Å². The van der Waals surface area contributed by atoms with Crippen LogP contribution >= 0.6 is 0 Å². The molecule has 8 N–H and O–H groups in total. The highest BCUT2D eigenvalue weighted by Crippen LogP contribution is 1.82. The molecule has 8 nitrogen and oxygen atoms in total. The summed E-state index contributed by atoms with van der Waals surface area (Å²) in [6.07, 6.45) is 0.0888. The first-order valence-electron chi connectivity index (χ1n) is 2.90. The lowest BCUT2D eigenvalue weighted by Crippen LogP contribution is -2.26. The first kappa shape index (κ1) is 18.0. The number of nitrogens with one attached hydrogen (secondary N) is 1. The van der Waals surface area contributed by atoms with Gasteiger partial charge in [-0.1, -0.05) is 6.58 Å². The molecule has 0 aliphatic carbocycles. The van der Waals surface area contributed by atoms with Gasteiger partial charge >= 0.3 is 11.9 Å². The second kappa shape index (κ2) is 9.16. The third-order valence-electron chi connectivity index (χ3n) is 0.746. The molecule has 8 heteroatoms. The average Bonchev–Trinajstić information content (AvgIpc) is 1.99. The summed E-state index contributed by atoms with van der Waals surface area (Å²) in [5, 5.41) is 8.07. The number of amides is 1. The van der Waals surface area contributed by atoms with E-state index in [9.17, 15) is 14.4 Å². The Morgan fingerprint density at radius 2 is 1.86 bits per heavy atom. The van der Waals surface area contributed by atoms with Gasteiger partial charge in [0.25, 0.3) is 5.91 Å². The molecular weight excluding hydrogens is 194 g/mol. The molecule has 0 aromatic rings. The summed E-state index contributed by atoms with van der Waals surface area (Å²) in [6, 6.07) is 0. The molecule has 0 aliphatic rings. The van der Waals surface area contributed by atoms with E-state index in [-0.39, 0.29) is 12.3 Å². The van der Waals surface area contributed by atoms with Crippen molar-refractivity contribution in [3.8, 4) is 0 Å². The fourth-order valence-electron chi connectivity index (χ4n) is 0.308. The van der Waals surface area contributed by atoms with Crippen molar-refractivity contribution in [1.29, 1.82) is 0 Å². The van der Waals surface area contributed by atoms with E-state index in [2.05, 4.69) is 11.4 Å². The topological polar surface area (TPSA) is 163 Å². The lowest BCUT2D eigenvalue weighted by atomic mass is 10.5. The summed E-state index contributed by atoms with van der Waals surface area (Å²) in [5.41, 5.74) is 1.67. The predicted molar refractivity (Wildman–Crippen MR) is 46.7 cm³/mol. The Balaban J connectivity index is -0.000000605. The van der Waals surface area contributed by atoms with Gasteiger partial charge in [-0.3, -0.25) is 9.59 Å². The van der Waals surface area contributed by atoms with E-state index in [1.807, 2.05) is 0 Å². The molecule has 0 heterocycles. The van der Waals surface area contributed by atoms with E-state index in [4.69, 9.17) is 5.11 Å². The number of carbonyl (C=O) groups excluding carboxylic acids is 2. The first-order chi connectivity index (χ1) is 5.56. The van der Waals surface area contributed by atoms with Gasteiger partial charge < -0.3 is 22.2 Å². The number of carbonyl (C=O) groups is 3. The van der Waals surface area contributed by atoms with E-state index in [0.29, 0.717) is 0 Å². The molecule has 0 unspecified atom stereocenters. The maximum atomic E-state index is 10.4. The van der Waals surface area contributed by atoms with Crippen molar-refractivity contribution in [2.45, 2.75) is 6.42 Å². The zero-order valence-electron chi connectivity index (χ0n) is 7.49. The van der Waals surface area contributed by atoms with Crippen LogP contribution in [-0.2, 0) is 19.2 Å². The summed E-state index contributed by atoms with van der Waals surface area (Å²) < 4.78 is 0. The maximum Gasteiger partial charge on any atom is 0.343 e. The van der Waals surface area contributed by atoms with Gasteiger partial charge in [0.15, 0.2) is 0 Å². The van der Waals surface area contributed by atoms with Gasteiger partial charge in [0.1, 0.15) is 6.42 Å². The molecule has 0 fully saturated rings. The Labute approximate surface area is 80.0 Å². The average molecular weight is 207 g/mol.